The molecule has 0 amide bonds. The van der Waals surface area contributed by atoms with Crippen molar-refractivity contribution in [3.8, 4) is 0 Å². The summed E-state index contributed by atoms with van der Waals surface area (Å²) in [6, 6.07) is 35.6. The van der Waals surface area contributed by atoms with E-state index in [2.05, 4.69) is 50.5 Å². The van der Waals surface area contributed by atoms with Gasteiger partial charge in [0.25, 0.3) is 0 Å². The van der Waals surface area contributed by atoms with Crippen LogP contribution < -0.4 is 5.32 Å². The molecule has 0 saturated heterocycles. The minimum absolute atomic E-state index is 0.0988. The maximum absolute atomic E-state index is 14.3. The number of esters is 2. The number of carbonyl (C=O) groups excluding carboxylic acids is 2. The standard InChI is InChI=1S/C35H31BrN2O4/c1-3-41-32(39)35(33(40)42-4-2)29-27-22-26(36)20-21-28(27)37-31(29)34(24-16-10-6-11-17-24,25-18-12-7-13-19-25)30(38-35)23-14-8-5-9-15-23/h5-22,30,37-38H,3-4H2,1-2H3/t30-/m0/s1. The third kappa shape index (κ3) is 4.18. The Morgan fingerprint density at radius 1 is 0.762 bits per heavy atom. The van der Waals surface area contributed by atoms with Crippen molar-refractivity contribution in [2.45, 2.75) is 30.8 Å². The minimum Gasteiger partial charge on any atom is -0.464 e. The molecule has 6 rings (SSSR count). The molecule has 0 radical (unpaired) electrons. The molecule has 0 aliphatic carbocycles. The van der Waals surface area contributed by atoms with Crippen LogP contribution in [0.2, 0.25) is 0 Å². The zero-order chi connectivity index (χ0) is 29.3. The molecule has 6 nitrogen and oxygen atoms in total. The van der Waals surface area contributed by atoms with Gasteiger partial charge in [0, 0.05) is 26.6 Å². The number of halogens is 1. The van der Waals surface area contributed by atoms with Crippen molar-refractivity contribution in [3.63, 3.8) is 0 Å². The lowest BCUT2D eigenvalue weighted by atomic mass is 9.59. The van der Waals surface area contributed by atoms with Crippen LogP contribution in [0.15, 0.2) is 114 Å². The molecule has 0 spiro atoms. The van der Waals surface area contributed by atoms with Crippen molar-refractivity contribution in [2.75, 3.05) is 13.2 Å². The highest BCUT2D eigenvalue weighted by molar-refractivity contribution is 9.10. The van der Waals surface area contributed by atoms with Crippen molar-refractivity contribution in [1.82, 2.24) is 10.3 Å². The monoisotopic (exact) mass is 622 g/mol. The van der Waals surface area contributed by atoms with E-state index in [1.54, 1.807) is 13.8 Å². The van der Waals surface area contributed by atoms with Gasteiger partial charge in [-0.25, -0.2) is 9.59 Å². The number of hydrogen-bond acceptors (Lipinski definition) is 5. The zero-order valence-electron chi connectivity index (χ0n) is 23.4. The summed E-state index contributed by atoms with van der Waals surface area (Å²) in [7, 11) is 0. The average molecular weight is 624 g/mol. The Kier molecular flexibility index (Phi) is 7.47. The zero-order valence-corrected chi connectivity index (χ0v) is 25.0. The highest BCUT2D eigenvalue weighted by atomic mass is 79.9. The summed E-state index contributed by atoms with van der Waals surface area (Å²) in [6.45, 7) is 3.67. The molecule has 1 atom stereocenters. The minimum atomic E-state index is -1.95. The number of nitrogens with one attached hydrogen (secondary N) is 2. The van der Waals surface area contributed by atoms with E-state index in [-0.39, 0.29) is 13.2 Å². The van der Waals surface area contributed by atoms with Crippen LogP contribution in [0.1, 0.15) is 47.8 Å². The van der Waals surface area contributed by atoms with Gasteiger partial charge in [0.1, 0.15) is 0 Å². The van der Waals surface area contributed by atoms with Crippen LogP contribution in [0.5, 0.6) is 0 Å². The van der Waals surface area contributed by atoms with Gasteiger partial charge in [-0.15, -0.1) is 0 Å². The van der Waals surface area contributed by atoms with Crippen LogP contribution in [0.25, 0.3) is 10.9 Å². The van der Waals surface area contributed by atoms with E-state index in [0.29, 0.717) is 5.56 Å². The van der Waals surface area contributed by atoms with Gasteiger partial charge in [0.15, 0.2) is 0 Å². The number of fused-ring (bicyclic) bond motifs is 3. The molecule has 2 heterocycles. The molecule has 0 unspecified atom stereocenters. The van der Waals surface area contributed by atoms with Crippen LogP contribution in [0.3, 0.4) is 0 Å². The molecule has 0 fully saturated rings. The summed E-state index contributed by atoms with van der Waals surface area (Å²) in [5.41, 5.74) is 2.04. The normalized spacial score (nSPS) is 16.9. The van der Waals surface area contributed by atoms with E-state index in [1.165, 1.54) is 0 Å². The van der Waals surface area contributed by atoms with E-state index in [1.807, 2.05) is 84.9 Å². The Morgan fingerprint density at radius 3 is 1.81 bits per heavy atom. The number of aromatic amines is 1. The van der Waals surface area contributed by atoms with Gasteiger partial charge in [-0.1, -0.05) is 107 Å². The van der Waals surface area contributed by atoms with Crippen molar-refractivity contribution in [2.24, 2.45) is 0 Å². The molecule has 5 aromatic rings. The maximum Gasteiger partial charge on any atom is 0.342 e. The van der Waals surface area contributed by atoms with Gasteiger partial charge in [0.05, 0.1) is 24.7 Å². The third-order valence-electron chi connectivity index (χ3n) is 8.08. The lowest BCUT2D eigenvalue weighted by molar-refractivity contribution is -0.168. The number of H-pyrrole nitrogens is 1. The first-order chi connectivity index (χ1) is 20.5. The smallest absolute Gasteiger partial charge is 0.342 e. The van der Waals surface area contributed by atoms with Crippen molar-refractivity contribution in [1.29, 1.82) is 0 Å². The van der Waals surface area contributed by atoms with Gasteiger partial charge in [-0.2, -0.15) is 0 Å². The Hall–Kier alpha value is -4.20. The molecule has 1 aliphatic heterocycles. The fourth-order valence-corrected chi connectivity index (χ4v) is 6.81. The van der Waals surface area contributed by atoms with Crippen molar-refractivity contribution in [3.05, 3.63) is 142 Å². The topological polar surface area (TPSA) is 80.4 Å². The van der Waals surface area contributed by atoms with Gasteiger partial charge >= 0.3 is 11.9 Å². The van der Waals surface area contributed by atoms with E-state index in [4.69, 9.17) is 9.47 Å². The SMILES string of the molecule is CCOC(=O)C1(C(=O)OCC)N[C@@H](c2ccccc2)C(c2ccccc2)(c2ccccc2)c2[nH]c3ccc(Br)cc3c21. The number of aromatic nitrogens is 1. The Morgan fingerprint density at radius 2 is 1.29 bits per heavy atom. The van der Waals surface area contributed by atoms with Crippen LogP contribution in [-0.4, -0.2) is 30.1 Å². The summed E-state index contributed by atoms with van der Waals surface area (Å²) in [6.07, 6.45) is 0. The van der Waals surface area contributed by atoms with E-state index in [0.717, 1.165) is 37.8 Å². The number of carbonyl (C=O) groups is 2. The van der Waals surface area contributed by atoms with Crippen LogP contribution >= 0.6 is 15.9 Å². The molecule has 212 valence electrons. The quantitative estimate of drug-likeness (QED) is 0.152. The Labute approximate surface area is 253 Å². The first-order valence-corrected chi connectivity index (χ1v) is 14.9. The predicted molar refractivity (Wildman–Crippen MR) is 166 cm³/mol. The molecule has 1 aliphatic rings. The summed E-state index contributed by atoms with van der Waals surface area (Å²) in [5, 5.41) is 4.33. The van der Waals surface area contributed by atoms with Crippen LogP contribution in [0, 0.1) is 0 Å². The van der Waals surface area contributed by atoms with E-state index in [9.17, 15) is 9.59 Å². The molecular weight excluding hydrogens is 592 g/mol. The largest absolute Gasteiger partial charge is 0.464 e. The molecule has 0 saturated carbocycles. The number of ether oxygens (including phenoxy) is 2. The molecule has 0 bridgehead atoms. The average Bonchev–Trinajstić information content (AvgIpc) is 3.41. The summed E-state index contributed by atoms with van der Waals surface area (Å²) >= 11 is 3.62. The van der Waals surface area contributed by atoms with Crippen molar-refractivity contribution < 1.29 is 19.1 Å². The lowest BCUT2D eigenvalue weighted by Crippen LogP contribution is -2.65. The summed E-state index contributed by atoms with van der Waals surface area (Å²) in [5.74, 6) is -1.41. The molecule has 4 aromatic carbocycles. The van der Waals surface area contributed by atoms with Crippen LogP contribution in [-0.2, 0) is 30.0 Å². The van der Waals surface area contributed by atoms with E-state index < -0.39 is 28.9 Å². The second-order valence-corrected chi connectivity index (χ2v) is 11.2. The number of benzene rings is 4. The molecule has 1 aromatic heterocycles. The van der Waals surface area contributed by atoms with Crippen LogP contribution in [0.4, 0.5) is 0 Å². The van der Waals surface area contributed by atoms with Gasteiger partial charge in [-0.05, 0) is 48.7 Å². The number of rotatable bonds is 7. The Bertz CT molecular complexity index is 1680. The first-order valence-electron chi connectivity index (χ1n) is 14.1. The van der Waals surface area contributed by atoms with Gasteiger partial charge in [0.2, 0.25) is 5.54 Å². The molecule has 2 N–H and O–H groups in total. The third-order valence-corrected chi connectivity index (χ3v) is 8.57. The maximum atomic E-state index is 14.3. The fourth-order valence-electron chi connectivity index (χ4n) is 6.44. The molecule has 42 heavy (non-hydrogen) atoms. The summed E-state index contributed by atoms with van der Waals surface area (Å²) < 4.78 is 12.2. The predicted octanol–water partition coefficient (Wildman–Crippen LogP) is 6.93. The lowest BCUT2D eigenvalue weighted by Gasteiger charge is -2.51. The Balaban J connectivity index is 1.85. The summed E-state index contributed by atoms with van der Waals surface area (Å²) in [4.78, 5) is 32.3. The van der Waals surface area contributed by atoms with Gasteiger partial charge in [-0.3, -0.25) is 5.32 Å². The first kappa shape index (κ1) is 27.9. The second-order valence-electron chi connectivity index (χ2n) is 10.3. The molecule has 7 heteroatoms. The highest BCUT2D eigenvalue weighted by Gasteiger charge is 2.64. The highest BCUT2D eigenvalue weighted by Crippen LogP contribution is 2.57. The second kappa shape index (κ2) is 11.2. The molecular formula is C35H31BrN2O4. The van der Waals surface area contributed by atoms with E-state index >= 15 is 0 Å². The fraction of sp³-hybridized carbons (Fsp3) is 0.200. The van der Waals surface area contributed by atoms with Gasteiger partial charge < -0.3 is 14.5 Å². The van der Waals surface area contributed by atoms with Crippen molar-refractivity contribution >= 4 is 38.8 Å². The number of hydrogen-bond donors (Lipinski definition) is 2.